The number of ether oxygens (including phenoxy) is 2. The molecule has 0 bridgehead atoms. The highest BCUT2D eigenvalue weighted by atomic mass is 16.5. The lowest BCUT2D eigenvalue weighted by molar-refractivity contribution is 0.194. The van der Waals surface area contributed by atoms with Crippen LogP contribution in [0.4, 0.5) is 0 Å². The SMILES string of the molecule is CCOc1ccc(Oc2ccc([C@@H](C)O)nc2)cc1. The van der Waals surface area contributed by atoms with Gasteiger partial charge in [0.2, 0.25) is 0 Å². The molecule has 4 heteroatoms. The van der Waals surface area contributed by atoms with Crippen molar-refractivity contribution in [1.29, 1.82) is 0 Å². The van der Waals surface area contributed by atoms with Crippen LogP contribution in [0.1, 0.15) is 25.6 Å². The Balaban J connectivity index is 2.04. The number of hydrogen-bond donors (Lipinski definition) is 1. The minimum absolute atomic E-state index is 0.570. The van der Waals surface area contributed by atoms with Gasteiger partial charge in [-0.05, 0) is 50.2 Å². The molecule has 1 N–H and O–H groups in total. The summed E-state index contributed by atoms with van der Waals surface area (Å²) in [6.45, 7) is 4.26. The minimum Gasteiger partial charge on any atom is -0.494 e. The minimum atomic E-state index is -0.570. The molecule has 0 aliphatic heterocycles. The molecular formula is C15H17NO3. The fraction of sp³-hybridized carbons (Fsp3) is 0.267. The van der Waals surface area contributed by atoms with E-state index in [1.165, 1.54) is 0 Å². The lowest BCUT2D eigenvalue weighted by Crippen LogP contribution is -1.95. The molecule has 0 aliphatic rings. The van der Waals surface area contributed by atoms with Crippen LogP contribution in [-0.4, -0.2) is 16.7 Å². The summed E-state index contributed by atoms with van der Waals surface area (Å²) in [5.74, 6) is 2.17. The van der Waals surface area contributed by atoms with Gasteiger partial charge in [-0.3, -0.25) is 4.98 Å². The fourth-order valence-corrected chi connectivity index (χ4v) is 1.61. The van der Waals surface area contributed by atoms with E-state index in [0.717, 1.165) is 11.5 Å². The van der Waals surface area contributed by atoms with E-state index in [-0.39, 0.29) is 0 Å². The smallest absolute Gasteiger partial charge is 0.145 e. The first-order chi connectivity index (χ1) is 9.19. The number of nitrogens with zero attached hydrogens (tertiary/aromatic N) is 1. The molecule has 1 aromatic heterocycles. The van der Waals surface area contributed by atoms with E-state index >= 15 is 0 Å². The number of aliphatic hydroxyl groups excluding tert-OH is 1. The number of aliphatic hydroxyl groups is 1. The lowest BCUT2D eigenvalue weighted by atomic mass is 10.2. The van der Waals surface area contributed by atoms with E-state index in [4.69, 9.17) is 9.47 Å². The van der Waals surface area contributed by atoms with Gasteiger partial charge in [0, 0.05) is 0 Å². The fourth-order valence-electron chi connectivity index (χ4n) is 1.61. The quantitative estimate of drug-likeness (QED) is 0.894. The molecule has 1 aromatic carbocycles. The van der Waals surface area contributed by atoms with Crippen LogP contribution in [0.5, 0.6) is 17.2 Å². The van der Waals surface area contributed by atoms with Crippen molar-refractivity contribution in [3.05, 3.63) is 48.3 Å². The van der Waals surface area contributed by atoms with Crippen molar-refractivity contribution in [1.82, 2.24) is 4.98 Å². The van der Waals surface area contributed by atoms with Crippen LogP contribution in [-0.2, 0) is 0 Å². The summed E-state index contributed by atoms with van der Waals surface area (Å²) in [6, 6.07) is 10.9. The first kappa shape index (κ1) is 13.4. The summed E-state index contributed by atoms with van der Waals surface area (Å²) in [7, 11) is 0. The van der Waals surface area contributed by atoms with Crippen molar-refractivity contribution >= 4 is 0 Å². The lowest BCUT2D eigenvalue weighted by Gasteiger charge is -2.08. The van der Waals surface area contributed by atoms with Gasteiger partial charge in [-0.1, -0.05) is 0 Å². The second-order valence-corrected chi connectivity index (χ2v) is 4.10. The Labute approximate surface area is 112 Å². The Bertz CT molecular complexity index is 506. The normalized spacial score (nSPS) is 11.9. The Hall–Kier alpha value is -2.07. The molecule has 4 nitrogen and oxygen atoms in total. The van der Waals surface area contributed by atoms with Gasteiger partial charge in [-0.2, -0.15) is 0 Å². The Kier molecular flexibility index (Phi) is 4.36. The highest BCUT2D eigenvalue weighted by molar-refractivity contribution is 5.34. The van der Waals surface area contributed by atoms with E-state index in [9.17, 15) is 5.11 Å². The topological polar surface area (TPSA) is 51.6 Å². The number of pyridine rings is 1. The van der Waals surface area contributed by atoms with E-state index in [2.05, 4.69) is 4.98 Å². The predicted molar refractivity (Wildman–Crippen MR) is 72.6 cm³/mol. The molecule has 1 atom stereocenters. The first-order valence-electron chi connectivity index (χ1n) is 6.23. The Morgan fingerprint density at radius 1 is 1.05 bits per heavy atom. The first-order valence-corrected chi connectivity index (χ1v) is 6.23. The maximum absolute atomic E-state index is 9.37. The third-order valence-electron chi connectivity index (χ3n) is 2.56. The molecule has 0 unspecified atom stereocenters. The van der Waals surface area contributed by atoms with Crippen LogP contribution in [0.2, 0.25) is 0 Å². The zero-order valence-electron chi connectivity index (χ0n) is 11.0. The number of aromatic nitrogens is 1. The van der Waals surface area contributed by atoms with Crippen LogP contribution in [0.3, 0.4) is 0 Å². The molecule has 0 aliphatic carbocycles. The van der Waals surface area contributed by atoms with Crippen molar-refractivity contribution in [2.45, 2.75) is 20.0 Å². The number of hydrogen-bond acceptors (Lipinski definition) is 4. The van der Waals surface area contributed by atoms with E-state index < -0.39 is 6.10 Å². The molecule has 0 radical (unpaired) electrons. The average Bonchev–Trinajstić information content (AvgIpc) is 2.42. The highest BCUT2D eigenvalue weighted by Crippen LogP contribution is 2.24. The second kappa shape index (κ2) is 6.20. The van der Waals surface area contributed by atoms with Crippen LogP contribution in [0.15, 0.2) is 42.6 Å². The van der Waals surface area contributed by atoms with Gasteiger partial charge in [-0.25, -0.2) is 0 Å². The predicted octanol–water partition coefficient (Wildman–Crippen LogP) is 3.33. The van der Waals surface area contributed by atoms with Crippen LogP contribution in [0, 0.1) is 0 Å². The molecule has 0 spiro atoms. The molecule has 0 fully saturated rings. The molecule has 100 valence electrons. The number of rotatable bonds is 5. The zero-order chi connectivity index (χ0) is 13.7. The van der Waals surface area contributed by atoms with Crippen molar-refractivity contribution in [2.24, 2.45) is 0 Å². The zero-order valence-corrected chi connectivity index (χ0v) is 11.0. The summed E-state index contributed by atoms with van der Waals surface area (Å²) >= 11 is 0. The largest absolute Gasteiger partial charge is 0.494 e. The molecule has 0 saturated carbocycles. The number of benzene rings is 1. The van der Waals surface area contributed by atoms with Gasteiger partial charge in [0.1, 0.15) is 17.2 Å². The molecule has 1 heterocycles. The molecule has 2 aromatic rings. The van der Waals surface area contributed by atoms with E-state index in [1.807, 2.05) is 31.2 Å². The molecular weight excluding hydrogens is 242 g/mol. The Morgan fingerprint density at radius 2 is 1.68 bits per heavy atom. The molecule has 0 amide bonds. The summed E-state index contributed by atoms with van der Waals surface area (Å²) in [5.41, 5.74) is 0.624. The standard InChI is InChI=1S/C15H17NO3/c1-3-18-12-4-6-13(7-5-12)19-14-8-9-15(11(2)17)16-10-14/h4-11,17H,3H2,1-2H3/t11-/m1/s1. The van der Waals surface area contributed by atoms with Crippen LogP contribution < -0.4 is 9.47 Å². The van der Waals surface area contributed by atoms with Gasteiger partial charge < -0.3 is 14.6 Å². The van der Waals surface area contributed by atoms with Gasteiger partial charge in [0.25, 0.3) is 0 Å². The van der Waals surface area contributed by atoms with Crippen molar-refractivity contribution < 1.29 is 14.6 Å². The van der Waals surface area contributed by atoms with Crippen molar-refractivity contribution in [3.63, 3.8) is 0 Å². The van der Waals surface area contributed by atoms with Gasteiger partial charge in [0.05, 0.1) is 24.6 Å². The second-order valence-electron chi connectivity index (χ2n) is 4.10. The maximum Gasteiger partial charge on any atom is 0.145 e. The van der Waals surface area contributed by atoms with E-state index in [0.29, 0.717) is 18.1 Å². The van der Waals surface area contributed by atoms with E-state index in [1.54, 1.807) is 25.3 Å². The maximum atomic E-state index is 9.37. The molecule has 19 heavy (non-hydrogen) atoms. The van der Waals surface area contributed by atoms with Crippen molar-refractivity contribution in [3.8, 4) is 17.2 Å². The van der Waals surface area contributed by atoms with Crippen LogP contribution in [0.25, 0.3) is 0 Å². The third kappa shape index (κ3) is 3.69. The Morgan fingerprint density at radius 3 is 2.21 bits per heavy atom. The monoisotopic (exact) mass is 259 g/mol. The molecule has 0 saturated heterocycles. The average molecular weight is 259 g/mol. The summed E-state index contributed by atoms with van der Waals surface area (Å²) in [5, 5.41) is 9.37. The van der Waals surface area contributed by atoms with Gasteiger partial charge in [-0.15, -0.1) is 0 Å². The summed E-state index contributed by atoms with van der Waals surface area (Å²) in [4.78, 5) is 4.12. The van der Waals surface area contributed by atoms with Crippen molar-refractivity contribution in [2.75, 3.05) is 6.61 Å². The summed E-state index contributed by atoms with van der Waals surface area (Å²) in [6.07, 6.45) is 1.03. The highest BCUT2D eigenvalue weighted by Gasteiger charge is 2.03. The summed E-state index contributed by atoms with van der Waals surface area (Å²) < 4.78 is 11.0. The van der Waals surface area contributed by atoms with Crippen LogP contribution >= 0.6 is 0 Å². The third-order valence-corrected chi connectivity index (χ3v) is 2.56. The molecule has 2 rings (SSSR count). The van der Waals surface area contributed by atoms with Gasteiger partial charge in [0.15, 0.2) is 0 Å². The van der Waals surface area contributed by atoms with Gasteiger partial charge >= 0.3 is 0 Å².